The molecule has 3 N–H and O–H groups in total. The van der Waals surface area contributed by atoms with Gasteiger partial charge in [-0.25, -0.2) is 0 Å². The monoisotopic (exact) mass is 233 g/mol. The molecule has 1 aliphatic heterocycles. The number of hydrogen-bond donors (Lipinski definition) is 2. The number of nitrogens with one attached hydrogen (secondary N) is 1. The molecule has 0 aliphatic carbocycles. The van der Waals surface area contributed by atoms with E-state index in [1.54, 1.807) is 24.3 Å². The fourth-order valence-corrected chi connectivity index (χ4v) is 1.95. The second kappa shape index (κ2) is 4.97. The number of carbonyl (C=O) groups excluding carboxylic acids is 2. The van der Waals surface area contributed by atoms with Crippen molar-refractivity contribution in [3.8, 4) is 0 Å². The predicted molar refractivity (Wildman–Crippen MR) is 63.3 cm³/mol. The summed E-state index contributed by atoms with van der Waals surface area (Å²) < 4.78 is 0. The lowest BCUT2D eigenvalue weighted by Gasteiger charge is -2.34. The number of amides is 2. The van der Waals surface area contributed by atoms with Gasteiger partial charge in [-0.3, -0.25) is 9.59 Å². The van der Waals surface area contributed by atoms with Crippen LogP contribution in [-0.4, -0.2) is 42.4 Å². The van der Waals surface area contributed by atoms with Crippen molar-refractivity contribution in [2.45, 2.75) is 6.04 Å². The largest absolute Gasteiger partial charge is 0.368 e. The fourth-order valence-electron chi connectivity index (χ4n) is 1.95. The van der Waals surface area contributed by atoms with Gasteiger partial charge in [0.1, 0.15) is 6.04 Å². The van der Waals surface area contributed by atoms with Crippen molar-refractivity contribution in [1.82, 2.24) is 10.2 Å². The minimum Gasteiger partial charge on any atom is -0.368 e. The lowest BCUT2D eigenvalue weighted by atomic mass is 10.1. The zero-order valence-electron chi connectivity index (χ0n) is 9.43. The highest BCUT2D eigenvalue weighted by Crippen LogP contribution is 2.10. The minimum absolute atomic E-state index is 0.143. The van der Waals surface area contributed by atoms with Crippen molar-refractivity contribution < 1.29 is 9.59 Å². The Kier molecular flexibility index (Phi) is 3.39. The van der Waals surface area contributed by atoms with Crippen LogP contribution < -0.4 is 11.1 Å². The van der Waals surface area contributed by atoms with E-state index in [9.17, 15) is 9.59 Å². The summed E-state index contributed by atoms with van der Waals surface area (Å²) in [5.41, 5.74) is 5.88. The number of nitrogens with zero attached hydrogens (tertiary/aromatic N) is 1. The van der Waals surface area contributed by atoms with Crippen LogP contribution in [0.15, 0.2) is 30.3 Å². The maximum Gasteiger partial charge on any atom is 0.254 e. The van der Waals surface area contributed by atoms with Crippen LogP contribution in [0.4, 0.5) is 0 Å². The molecule has 1 atom stereocenters. The normalized spacial score (nSPS) is 20.0. The van der Waals surface area contributed by atoms with Gasteiger partial charge in [0.05, 0.1) is 0 Å². The molecular weight excluding hydrogens is 218 g/mol. The minimum atomic E-state index is -0.559. The first-order valence-corrected chi connectivity index (χ1v) is 5.56. The predicted octanol–water partition coefficient (Wildman–Crippen LogP) is -0.414. The quantitative estimate of drug-likeness (QED) is 0.729. The summed E-state index contributed by atoms with van der Waals surface area (Å²) in [4.78, 5) is 25.0. The van der Waals surface area contributed by atoms with Crippen molar-refractivity contribution in [2.75, 3.05) is 19.6 Å². The molecule has 0 aromatic heterocycles. The number of benzene rings is 1. The third-order valence-corrected chi connectivity index (χ3v) is 2.85. The topological polar surface area (TPSA) is 75.4 Å². The SMILES string of the molecule is NC(=O)C1CNCCN1C(=O)c1ccccc1. The molecule has 1 aliphatic rings. The van der Waals surface area contributed by atoms with E-state index in [-0.39, 0.29) is 5.91 Å². The molecule has 90 valence electrons. The average molecular weight is 233 g/mol. The number of nitrogens with two attached hydrogens (primary N) is 1. The van der Waals surface area contributed by atoms with Gasteiger partial charge in [-0.1, -0.05) is 18.2 Å². The maximum atomic E-state index is 12.2. The molecule has 1 fully saturated rings. The van der Waals surface area contributed by atoms with Crippen molar-refractivity contribution >= 4 is 11.8 Å². The fraction of sp³-hybridized carbons (Fsp3) is 0.333. The van der Waals surface area contributed by atoms with Crippen LogP contribution in [-0.2, 0) is 4.79 Å². The first kappa shape index (κ1) is 11.6. The van der Waals surface area contributed by atoms with Gasteiger partial charge in [0, 0.05) is 25.2 Å². The Bertz CT molecular complexity index is 419. The number of primary amides is 1. The molecule has 5 heteroatoms. The number of carbonyl (C=O) groups is 2. The second-order valence-corrected chi connectivity index (χ2v) is 3.99. The molecule has 0 spiro atoms. The average Bonchev–Trinajstić information content (AvgIpc) is 2.39. The molecule has 1 aromatic carbocycles. The van der Waals surface area contributed by atoms with Crippen LogP contribution in [0, 0.1) is 0 Å². The molecule has 17 heavy (non-hydrogen) atoms. The third-order valence-electron chi connectivity index (χ3n) is 2.85. The standard InChI is InChI=1S/C12H15N3O2/c13-11(16)10-8-14-6-7-15(10)12(17)9-4-2-1-3-5-9/h1-5,10,14H,6-8H2,(H2,13,16). The van der Waals surface area contributed by atoms with Gasteiger partial charge in [0.15, 0.2) is 0 Å². The lowest BCUT2D eigenvalue weighted by Crippen LogP contribution is -2.58. The summed E-state index contributed by atoms with van der Waals surface area (Å²) in [6, 6.07) is 8.37. The number of rotatable bonds is 2. The van der Waals surface area contributed by atoms with Crippen molar-refractivity contribution in [3.63, 3.8) is 0 Å². The Morgan fingerprint density at radius 3 is 2.65 bits per heavy atom. The van der Waals surface area contributed by atoms with Crippen molar-refractivity contribution in [1.29, 1.82) is 0 Å². The van der Waals surface area contributed by atoms with Crippen molar-refractivity contribution in [2.24, 2.45) is 5.73 Å². The van der Waals surface area contributed by atoms with Gasteiger partial charge >= 0.3 is 0 Å². The van der Waals surface area contributed by atoms with E-state index in [1.165, 1.54) is 4.90 Å². The Balaban J connectivity index is 2.20. The lowest BCUT2D eigenvalue weighted by molar-refractivity contribution is -0.122. The summed E-state index contributed by atoms with van der Waals surface area (Å²) >= 11 is 0. The Labute approximate surface area is 99.6 Å². The summed E-state index contributed by atoms with van der Waals surface area (Å²) in [7, 11) is 0. The first-order chi connectivity index (χ1) is 8.20. The van der Waals surface area contributed by atoms with Gasteiger partial charge in [-0.2, -0.15) is 0 Å². The zero-order chi connectivity index (χ0) is 12.3. The van der Waals surface area contributed by atoms with Gasteiger partial charge in [-0.05, 0) is 12.1 Å². The van der Waals surface area contributed by atoms with E-state index >= 15 is 0 Å². The highest BCUT2D eigenvalue weighted by Gasteiger charge is 2.30. The van der Waals surface area contributed by atoms with E-state index < -0.39 is 11.9 Å². The zero-order valence-corrected chi connectivity index (χ0v) is 9.43. The summed E-state index contributed by atoms with van der Waals surface area (Å²) in [5, 5.41) is 3.06. The van der Waals surface area contributed by atoms with Crippen LogP contribution in [0.3, 0.4) is 0 Å². The van der Waals surface area contributed by atoms with Crippen LogP contribution >= 0.6 is 0 Å². The summed E-state index contributed by atoms with van der Waals surface area (Å²) in [6.07, 6.45) is 0. The molecule has 1 unspecified atom stereocenters. The molecule has 1 aromatic rings. The molecule has 2 rings (SSSR count). The molecule has 0 bridgehead atoms. The van der Waals surface area contributed by atoms with Crippen LogP contribution in [0.1, 0.15) is 10.4 Å². The van der Waals surface area contributed by atoms with Gasteiger partial charge in [0.25, 0.3) is 5.91 Å². The maximum absolute atomic E-state index is 12.2. The molecular formula is C12H15N3O2. The first-order valence-electron chi connectivity index (χ1n) is 5.56. The molecule has 5 nitrogen and oxygen atoms in total. The molecule has 0 saturated carbocycles. The molecule has 1 saturated heterocycles. The van der Waals surface area contributed by atoms with E-state index in [4.69, 9.17) is 5.73 Å². The second-order valence-electron chi connectivity index (χ2n) is 3.99. The van der Waals surface area contributed by atoms with E-state index in [2.05, 4.69) is 5.32 Å². The highest BCUT2D eigenvalue weighted by atomic mass is 16.2. The summed E-state index contributed by atoms with van der Waals surface area (Å²) in [5.74, 6) is -0.614. The summed E-state index contributed by atoms with van der Waals surface area (Å²) in [6.45, 7) is 1.61. The van der Waals surface area contributed by atoms with Crippen LogP contribution in [0.2, 0.25) is 0 Å². The van der Waals surface area contributed by atoms with Gasteiger partial charge < -0.3 is 16.0 Å². The molecule has 0 radical (unpaired) electrons. The Morgan fingerprint density at radius 2 is 2.00 bits per heavy atom. The van der Waals surface area contributed by atoms with E-state index in [1.807, 2.05) is 6.07 Å². The van der Waals surface area contributed by atoms with Crippen LogP contribution in [0.25, 0.3) is 0 Å². The molecule has 2 amide bonds. The smallest absolute Gasteiger partial charge is 0.254 e. The van der Waals surface area contributed by atoms with Crippen LogP contribution in [0.5, 0.6) is 0 Å². The Morgan fingerprint density at radius 1 is 1.29 bits per heavy atom. The van der Waals surface area contributed by atoms with Crippen molar-refractivity contribution in [3.05, 3.63) is 35.9 Å². The molecule has 1 heterocycles. The van der Waals surface area contributed by atoms with E-state index in [0.717, 1.165) is 0 Å². The number of piperazine rings is 1. The third kappa shape index (κ3) is 2.45. The highest BCUT2D eigenvalue weighted by molar-refractivity contribution is 5.97. The van der Waals surface area contributed by atoms with E-state index in [0.29, 0.717) is 25.2 Å². The van der Waals surface area contributed by atoms with Gasteiger partial charge in [-0.15, -0.1) is 0 Å². The number of hydrogen-bond acceptors (Lipinski definition) is 3. The van der Waals surface area contributed by atoms with Gasteiger partial charge in [0.2, 0.25) is 5.91 Å². The Hall–Kier alpha value is -1.88.